The van der Waals surface area contributed by atoms with Crippen LogP contribution >= 0.6 is 11.3 Å². The molecular formula is C22H34N6S. The summed E-state index contributed by atoms with van der Waals surface area (Å²) in [5.74, 6) is 0.868. The van der Waals surface area contributed by atoms with Crippen molar-refractivity contribution in [2.75, 3.05) is 51.2 Å². The Labute approximate surface area is 179 Å². The number of anilines is 1. The Bertz CT molecular complexity index is 765. The van der Waals surface area contributed by atoms with Crippen LogP contribution in [0.1, 0.15) is 28.4 Å². The van der Waals surface area contributed by atoms with E-state index in [2.05, 4.69) is 74.6 Å². The number of thiazole rings is 1. The molecule has 2 heterocycles. The topological polar surface area (TPSA) is 55.8 Å². The summed E-state index contributed by atoms with van der Waals surface area (Å²) in [4.78, 5) is 15.2. The van der Waals surface area contributed by atoms with Gasteiger partial charge in [-0.1, -0.05) is 18.2 Å². The van der Waals surface area contributed by atoms with Crippen molar-refractivity contribution in [1.82, 2.24) is 20.5 Å². The molecule has 1 saturated heterocycles. The predicted molar refractivity (Wildman–Crippen MR) is 124 cm³/mol. The largest absolute Gasteiger partial charge is 0.369 e. The first-order valence-corrected chi connectivity index (χ1v) is 11.4. The summed E-state index contributed by atoms with van der Waals surface area (Å²) in [6.45, 7) is 11.6. The molecule has 6 nitrogen and oxygen atoms in total. The minimum absolute atomic E-state index is 0.780. The van der Waals surface area contributed by atoms with E-state index in [4.69, 9.17) is 0 Å². The smallest absolute Gasteiger partial charge is 0.191 e. The van der Waals surface area contributed by atoms with E-state index in [-0.39, 0.29) is 0 Å². The number of hydrogen-bond donors (Lipinski definition) is 2. The van der Waals surface area contributed by atoms with Crippen molar-refractivity contribution < 1.29 is 0 Å². The van der Waals surface area contributed by atoms with Gasteiger partial charge in [0.25, 0.3) is 0 Å². The van der Waals surface area contributed by atoms with E-state index < -0.39 is 0 Å². The summed E-state index contributed by atoms with van der Waals surface area (Å²) >= 11 is 1.75. The zero-order chi connectivity index (χ0) is 20.5. The van der Waals surface area contributed by atoms with Crippen molar-refractivity contribution >= 4 is 23.0 Å². The first kappa shape index (κ1) is 21.6. The zero-order valence-corrected chi connectivity index (χ0v) is 18.8. The molecule has 2 aromatic rings. The molecule has 2 N–H and O–H groups in total. The number of hydrogen-bond acceptors (Lipinski definition) is 5. The molecule has 1 aliphatic rings. The molecule has 1 aliphatic heterocycles. The second-order valence-electron chi connectivity index (χ2n) is 7.47. The minimum Gasteiger partial charge on any atom is -0.369 e. The third-order valence-corrected chi connectivity index (χ3v) is 6.40. The van der Waals surface area contributed by atoms with Crippen LogP contribution in [-0.2, 0) is 6.54 Å². The Morgan fingerprint density at radius 2 is 1.83 bits per heavy atom. The van der Waals surface area contributed by atoms with Crippen molar-refractivity contribution in [3.63, 3.8) is 0 Å². The zero-order valence-electron chi connectivity index (χ0n) is 17.9. The number of nitrogens with one attached hydrogen (secondary N) is 2. The molecule has 158 valence electrons. The van der Waals surface area contributed by atoms with Gasteiger partial charge in [-0.2, -0.15) is 0 Å². The summed E-state index contributed by atoms with van der Waals surface area (Å²) in [5, 5.41) is 7.94. The van der Waals surface area contributed by atoms with Crippen LogP contribution < -0.4 is 15.5 Å². The van der Waals surface area contributed by atoms with Crippen LogP contribution in [0.3, 0.4) is 0 Å². The van der Waals surface area contributed by atoms with Crippen LogP contribution in [0.5, 0.6) is 0 Å². The van der Waals surface area contributed by atoms with Gasteiger partial charge in [0.05, 0.1) is 17.2 Å². The van der Waals surface area contributed by atoms with Crippen molar-refractivity contribution in [2.45, 2.75) is 33.2 Å². The lowest BCUT2D eigenvalue weighted by Crippen LogP contribution is -2.46. The van der Waals surface area contributed by atoms with Gasteiger partial charge in [0.1, 0.15) is 0 Å². The molecule has 3 rings (SSSR count). The third kappa shape index (κ3) is 6.72. The first-order valence-electron chi connectivity index (χ1n) is 10.6. The highest BCUT2D eigenvalue weighted by atomic mass is 32.1. The molecule has 0 radical (unpaired) electrons. The van der Waals surface area contributed by atoms with Crippen molar-refractivity contribution in [2.24, 2.45) is 4.99 Å². The number of aryl methyl sites for hydroxylation is 2. The monoisotopic (exact) mass is 414 g/mol. The molecule has 29 heavy (non-hydrogen) atoms. The number of nitrogens with zero attached hydrogens (tertiary/aromatic N) is 4. The maximum atomic E-state index is 4.48. The summed E-state index contributed by atoms with van der Waals surface area (Å²) in [7, 11) is 1.83. The number of rotatable bonds is 8. The second kappa shape index (κ2) is 11.2. The Balaban J connectivity index is 1.27. The van der Waals surface area contributed by atoms with E-state index in [1.54, 1.807) is 11.3 Å². The molecule has 0 amide bonds. The molecule has 0 aliphatic carbocycles. The molecule has 0 spiro atoms. The number of para-hydroxylation sites is 1. The van der Waals surface area contributed by atoms with E-state index in [0.717, 1.165) is 62.4 Å². The van der Waals surface area contributed by atoms with Crippen LogP contribution in [0, 0.1) is 13.8 Å². The SMILES string of the molecule is CN=C(NCCCCN1CCN(c2ccccc2)CC1)NCc1sc(C)nc1C. The third-order valence-electron chi connectivity index (χ3n) is 5.33. The van der Waals surface area contributed by atoms with Crippen LogP contribution in [0.2, 0.25) is 0 Å². The minimum atomic E-state index is 0.780. The highest BCUT2D eigenvalue weighted by Gasteiger charge is 2.16. The van der Waals surface area contributed by atoms with E-state index in [1.807, 2.05) is 7.05 Å². The number of unbranched alkanes of at least 4 members (excludes halogenated alkanes) is 1. The Kier molecular flexibility index (Phi) is 8.31. The van der Waals surface area contributed by atoms with Gasteiger partial charge in [-0.15, -0.1) is 11.3 Å². The van der Waals surface area contributed by atoms with Gasteiger partial charge in [0, 0.05) is 50.3 Å². The molecule has 0 saturated carbocycles. The Morgan fingerprint density at radius 3 is 2.48 bits per heavy atom. The molecule has 1 fully saturated rings. The lowest BCUT2D eigenvalue weighted by molar-refractivity contribution is 0.253. The van der Waals surface area contributed by atoms with Crippen molar-refractivity contribution in [3.8, 4) is 0 Å². The molecule has 0 atom stereocenters. The van der Waals surface area contributed by atoms with Gasteiger partial charge in [-0.05, 0) is 45.4 Å². The second-order valence-corrected chi connectivity index (χ2v) is 8.75. The van der Waals surface area contributed by atoms with Gasteiger partial charge in [0.2, 0.25) is 0 Å². The predicted octanol–water partition coefficient (Wildman–Crippen LogP) is 3.03. The van der Waals surface area contributed by atoms with E-state index in [0.29, 0.717) is 0 Å². The van der Waals surface area contributed by atoms with Gasteiger partial charge in [-0.25, -0.2) is 4.98 Å². The maximum Gasteiger partial charge on any atom is 0.191 e. The van der Waals surface area contributed by atoms with Crippen LogP contribution in [-0.4, -0.2) is 62.2 Å². The van der Waals surface area contributed by atoms with E-state index in [9.17, 15) is 0 Å². The number of piperazine rings is 1. The van der Waals surface area contributed by atoms with E-state index >= 15 is 0 Å². The quantitative estimate of drug-likeness (QED) is 0.395. The fraction of sp³-hybridized carbons (Fsp3) is 0.545. The highest BCUT2D eigenvalue weighted by Crippen LogP contribution is 2.17. The normalized spacial score (nSPS) is 15.6. The average Bonchev–Trinajstić information content (AvgIpc) is 3.08. The van der Waals surface area contributed by atoms with E-state index in [1.165, 1.54) is 23.5 Å². The van der Waals surface area contributed by atoms with Crippen molar-refractivity contribution in [3.05, 3.63) is 45.9 Å². The van der Waals surface area contributed by atoms with Crippen LogP contribution in [0.25, 0.3) is 0 Å². The van der Waals surface area contributed by atoms with Crippen LogP contribution in [0.15, 0.2) is 35.3 Å². The van der Waals surface area contributed by atoms with Crippen molar-refractivity contribution in [1.29, 1.82) is 0 Å². The standard InChI is InChI=1S/C22H34N6S/c1-18-21(29-19(2)26-18)17-25-22(23-3)24-11-7-8-12-27-13-15-28(16-14-27)20-9-5-4-6-10-20/h4-6,9-10H,7-8,11-17H2,1-3H3,(H2,23,24,25). The van der Waals surface area contributed by atoms with Gasteiger partial charge >= 0.3 is 0 Å². The lowest BCUT2D eigenvalue weighted by Gasteiger charge is -2.36. The number of aromatic nitrogens is 1. The first-order chi connectivity index (χ1) is 14.2. The lowest BCUT2D eigenvalue weighted by atomic mass is 10.2. The summed E-state index contributed by atoms with van der Waals surface area (Å²) in [6, 6.07) is 10.7. The Hall–Kier alpha value is -2.12. The molecule has 7 heteroatoms. The molecule has 1 aromatic heterocycles. The molecule has 0 bridgehead atoms. The molecular weight excluding hydrogens is 380 g/mol. The molecule has 0 unspecified atom stereocenters. The van der Waals surface area contributed by atoms with Crippen LogP contribution in [0.4, 0.5) is 5.69 Å². The number of guanidine groups is 1. The molecule has 1 aromatic carbocycles. The Morgan fingerprint density at radius 1 is 1.07 bits per heavy atom. The number of benzene rings is 1. The highest BCUT2D eigenvalue weighted by molar-refractivity contribution is 7.11. The van der Waals surface area contributed by atoms with Gasteiger partial charge < -0.3 is 15.5 Å². The summed E-state index contributed by atoms with van der Waals surface area (Å²) < 4.78 is 0. The maximum absolute atomic E-state index is 4.48. The average molecular weight is 415 g/mol. The fourth-order valence-electron chi connectivity index (χ4n) is 3.66. The van der Waals surface area contributed by atoms with Gasteiger partial charge in [-0.3, -0.25) is 9.89 Å². The van der Waals surface area contributed by atoms with Gasteiger partial charge in [0.15, 0.2) is 5.96 Å². The summed E-state index contributed by atoms with van der Waals surface area (Å²) in [6.07, 6.45) is 2.36. The fourth-order valence-corrected chi connectivity index (χ4v) is 4.53. The summed E-state index contributed by atoms with van der Waals surface area (Å²) in [5.41, 5.74) is 2.46. The number of aliphatic imine (C=N–C) groups is 1.